The van der Waals surface area contributed by atoms with Crippen LogP contribution in [0.1, 0.15) is 18.1 Å². The zero-order valence-corrected chi connectivity index (χ0v) is 17.6. The fourth-order valence-electron chi connectivity index (χ4n) is 2.65. The van der Waals surface area contributed by atoms with Crippen LogP contribution >= 0.6 is 11.8 Å². The molecule has 29 heavy (non-hydrogen) atoms. The summed E-state index contributed by atoms with van der Waals surface area (Å²) in [5.74, 6) is 0.292. The highest BCUT2D eigenvalue weighted by Crippen LogP contribution is 2.30. The van der Waals surface area contributed by atoms with Gasteiger partial charge in [0.2, 0.25) is 5.91 Å². The number of urea groups is 1. The van der Waals surface area contributed by atoms with E-state index in [0.717, 1.165) is 22.4 Å². The van der Waals surface area contributed by atoms with E-state index in [4.69, 9.17) is 0 Å². The minimum absolute atomic E-state index is 0.398. The first kappa shape index (κ1) is 20.6. The van der Waals surface area contributed by atoms with Crippen molar-refractivity contribution in [2.45, 2.75) is 31.2 Å². The first-order valence-electron chi connectivity index (χ1n) is 9.17. The number of carbonyl (C=O) groups is 2. The Morgan fingerprint density at radius 3 is 2.14 bits per heavy atom. The molecular formula is C21H23N5O2S. The molecule has 0 aliphatic rings. The van der Waals surface area contributed by atoms with Crippen LogP contribution in [0.3, 0.4) is 0 Å². The SMILES string of the molecule is CNC(=O)NC(=O)[C@H](C)Sc1nnc(-c2ccc(C)cc2)n1-c1ccc(C)cc1. The average Bonchev–Trinajstić information content (AvgIpc) is 3.12. The molecule has 1 heterocycles. The molecule has 0 saturated heterocycles. The lowest BCUT2D eigenvalue weighted by Gasteiger charge is -2.14. The second-order valence-electron chi connectivity index (χ2n) is 6.67. The number of nitrogens with one attached hydrogen (secondary N) is 2. The highest BCUT2D eigenvalue weighted by atomic mass is 32.2. The predicted molar refractivity (Wildman–Crippen MR) is 114 cm³/mol. The topological polar surface area (TPSA) is 88.9 Å². The molecule has 1 atom stereocenters. The summed E-state index contributed by atoms with van der Waals surface area (Å²) in [4.78, 5) is 23.7. The van der Waals surface area contributed by atoms with Crippen LogP contribution in [0.4, 0.5) is 4.79 Å². The van der Waals surface area contributed by atoms with Crippen LogP contribution in [-0.2, 0) is 4.79 Å². The predicted octanol–water partition coefficient (Wildman–Crippen LogP) is 3.49. The molecule has 3 rings (SSSR count). The van der Waals surface area contributed by atoms with Crippen LogP contribution in [0.25, 0.3) is 17.1 Å². The molecule has 0 fully saturated rings. The summed E-state index contributed by atoms with van der Waals surface area (Å²) < 4.78 is 1.93. The van der Waals surface area contributed by atoms with Crippen molar-refractivity contribution < 1.29 is 9.59 Å². The molecule has 7 nitrogen and oxygen atoms in total. The van der Waals surface area contributed by atoms with Gasteiger partial charge in [-0.05, 0) is 32.9 Å². The Labute approximate surface area is 173 Å². The Balaban J connectivity index is 1.99. The van der Waals surface area contributed by atoms with E-state index in [1.807, 2.05) is 66.9 Å². The van der Waals surface area contributed by atoms with Crippen LogP contribution in [0, 0.1) is 13.8 Å². The van der Waals surface area contributed by atoms with Gasteiger partial charge in [-0.2, -0.15) is 0 Å². The Morgan fingerprint density at radius 1 is 0.966 bits per heavy atom. The first-order valence-corrected chi connectivity index (χ1v) is 10.1. The summed E-state index contributed by atoms with van der Waals surface area (Å²) in [6, 6.07) is 15.5. The van der Waals surface area contributed by atoms with Gasteiger partial charge in [0, 0.05) is 18.3 Å². The maximum Gasteiger partial charge on any atom is 0.321 e. The van der Waals surface area contributed by atoms with E-state index in [1.165, 1.54) is 18.8 Å². The van der Waals surface area contributed by atoms with E-state index in [0.29, 0.717) is 11.0 Å². The molecule has 0 aliphatic heterocycles. The van der Waals surface area contributed by atoms with E-state index in [9.17, 15) is 9.59 Å². The number of imide groups is 1. The van der Waals surface area contributed by atoms with Crippen LogP contribution in [0.2, 0.25) is 0 Å². The van der Waals surface area contributed by atoms with Crippen LogP contribution < -0.4 is 10.6 Å². The Morgan fingerprint density at radius 2 is 1.55 bits per heavy atom. The Hall–Kier alpha value is -3.13. The van der Waals surface area contributed by atoms with Gasteiger partial charge in [0.25, 0.3) is 0 Å². The quantitative estimate of drug-likeness (QED) is 0.630. The lowest BCUT2D eigenvalue weighted by atomic mass is 10.1. The molecule has 1 aromatic heterocycles. The molecule has 0 aliphatic carbocycles. The van der Waals surface area contributed by atoms with Crippen LogP contribution in [0.15, 0.2) is 53.7 Å². The number of rotatable bonds is 5. The van der Waals surface area contributed by atoms with Crippen molar-refractivity contribution in [2.75, 3.05) is 7.05 Å². The van der Waals surface area contributed by atoms with Crippen molar-refractivity contribution in [3.05, 3.63) is 59.7 Å². The molecule has 8 heteroatoms. The number of amides is 3. The number of thioether (sulfide) groups is 1. The average molecular weight is 410 g/mol. The monoisotopic (exact) mass is 409 g/mol. The summed E-state index contributed by atoms with van der Waals surface area (Å²) in [6.07, 6.45) is 0. The van der Waals surface area contributed by atoms with E-state index in [2.05, 4.69) is 20.8 Å². The first-order chi connectivity index (χ1) is 13.9. The summed E-state index contributed by atoms with van der Waals surface area (Å²) in [7, 11) is 1.46. The molecule has 0 bridgehead atoms. The summed E-state index contributed by atoms with van der Waals surface area (Å²) in [5, 5.41) is 13.4. The molecule has 150 valence electrons. The van der Waals surface area contributed by atoms with Gasteiger partial charge in [0.05, 0.1) is 5.25 Å². The highest BCUT2D eigenvalue weighted by Gasteiger charge is 2.22. The van der Waals surface area contributed by atoms with E-state index in [1.54, 1.807) is 6.92 Å². The van der Waals surface area contributed by atoms with Crippen molar-refractivity contribution in [1.82, 2.24) is 25.4 Å². The van der Waals surface area contributed by atoms with Crippen LogP contribution in [0.5, 0.6) is 0 Å². The van der Waals surface area contributed by atoms with Gasteiger partial charge in [-0.15, -0.1) is 10.2 Å². The molecule has 2 N–H and O–H groups in total. The summed E-state index contributed by atoms with van der Waals surface area (Å²) in [5.41, 5.74) is 4.13. The minimum Gasteiger partial charge on any atom is -0.341 e. The standard InChI is InChI=1S/C21H23N5O2S/c1-13-5-9-16(10-6-13)18-24-25-21(26(18)17-11-7-14(2)8-12-17)29-15(3)19(27)23-20(28)22-4/h5-12,15H,1-4H3,(H2,22,23,27,28)/t15-/m0/s1. The molecule has 0 unspecified atom stereocenters. The molecule has 3 aromatic rings. The third kappa shape index (κ3) is 4.83. The van der Waals surface area contributed by atoms with Gasteiger partial charge in [0.1, 0.15) is 0 Å². The van der Waals surface area contributed by atoms with Crippen molar-refractivity contribution in [2.24, 2.45) is 0 Å². The summed E-state index contributed by atoms with van der Waals surface area (Å²) >= 11 is 1.25. The number of carbonyl (C=O) groups excluding carboxylic acids is 2. The third-order valence-corrected chi connectivity index (χ3v) is 5.39. The maximum absolute atomic E-state index is 12.3. The minimum atomic E-state index is -0.539. The van der Waals surface area contributed by atoms with Gasteiger partial charge in [-0.3, -0.25) is 14.7 Å². The number of aryl methyl sites for hydroxylation is 2. The zero-order chi connectivity index (χ0) is 21.0. The smallest absolute Gasteiger partial charge is 0.321 e. The van der Waals surface area contributed by atoms with Crippen molar-refractivity contribution in [3.8, 4) is 17.1 Å². The van der Waals surface area contributed by atoms with Gasteiger partial charge < -0.3 is 5.32 Å². The molecular weight excluding hydrogens is 386 g/mol. The van der Waals surface area contributed by atoms with E-state index >= 15 is 0 Å². The molecule has 0 radical (unpaired) electrons. The Kier molecular flexibility index (Phi) is 6.33. The zero-order valence-electron chi connectivity index (χ0n) is 16.8. The van der Waals surface area contributed by atoms with Gasteiger partial charge in [-0.25, -0.2) is 4.79 Å². The largest absolute Gasteiger partial charge is 0.341 e. The maximum atomic E-state index is 12.3. The van der Waals surface area contributed by atoms with Gasteiger partial charge >= 0.3 is 6.03 Å². The second-order valence-corrected chi connectivity index (χ2v) is 7.98. The van der Waals surface area contributed by atoms with E-state index in [-0.39, 0.29) is 0 Å². The number of nitrogens with zero attached hydrogens (tertiary/aromatic N) is 3. The highest BCUT2D eigenvalue weighted by molar-refractivity contribution is 8.00. The molecule has 3 amide bonds. The number of hydrogen-bond donors (Lipinski definition) is 2. The normalized spacial score (nSPS) is 11.7. The summed E-state index contributed by atoms with van der Waals surface area (Å²) in [6.45, 7) is 5.78. The van der Waals surface area contributed by atoms with Gasteiger partial charge in [-0.1, -0.05) is 59.3 Å². The fourth-order valence-corrected chi connectivity index (χ4v) is 3.52. The lowest BCUT2D eigenvalue weighted by molar-refractivity contribution is -0.119. The lowest BCUT2D eigenvalue weighted by Crippen LogP contribution is -2.41. The molecule has 0 saturated carbocycles. The second kappa shape index (κ2) is 8.91. The van der Waals surface area contributed by atoms with Crippen LogP contribution in [-0.4, -0.2) is 39.0 Å². The van der Waals surface area contributed by atoms with Crippen molar-refractivity contribution in [3.63, 3.8) is 0 Å². The van der Waals surface area contributed by atoms with Gasteiger partial charge in [0.15, 0.2) is 11.0 Å². The number of benzene rings is 2. The third-order valence-electron chi connectivity index (χ3n) is 4.35. The number of aromatic nitrogens is 3. The van der Waals surface area contributed by atoms with E-state index < -0.39 is 17.2 Å². The van der Waals surface area contributed by atoms with Crippen molar-refractivity contribution >= 4 is 23.7 Å². The fraction of sp³-hybridized carbons (Fsp3) is 0.238. The molecule has 0 spiro atoms. The number of hydrogen-bond acceptors (Lipinski definition) is 5. The Bertz CT molecular complexity index is 1010. The van der Waals surface area contributed by atoms with Crippen molar-refractivity contribution in [1.29, 1.82) is 0 Å². The molecule has 2 aromatic carbocycles.